The van der Waals surface area contributed by atoms with E-state index in [1.54, 1.807) is 29.1 Å². The van der Waals surface area contributed by atoms with Gasteiger partial charge in [-0.1, -0.05) is 48.5 Å². The molecule has 0 saturated carbocycles. The van der Waals surface area contributed by atoms with Crippen LogP contribution in [0.4, 0.5) is 0 Å². The van der Waals surface area contributed by atoms with Crippen molar-refractivity contribution in [2.75, 3.05) is 20.3 Å². The highest BCUT2D eigenvalue weighted by atomic mass is 16.5. The van der Waals surface area contributed by atoms with E-state index in [-0.39, 0.29) is 5.91 Å². The van der Waals surface area contributed by atoms with Crippen molar-refractivity contribution in [3.05, 3.63) is 84.2 Å². The average molecular weight is 335 g/mol. The van der Waals surface area contributed by atoms with Crippen molar-refractivity contribution in [3.63, 3.8) is 0 Å². The van der Waals surface area contributed by atoms with Crippen molar-refractivity contribution in [2.24, 2.45) is 0 Å². The van der Waals surface area contributed by atoms with Gasteiger partial charge >= 0.3 is 0 Å². The van der Waals surface area contributed by atoms with Crippen LogP contribution in [-0.2, 0) is 11.3 Å². The molecule has 0 aliphatic rings. The molecular weight excluding hydrogens is 314 g/mol. The Balaban J connectivity index is 1.78. The minimum Gasteiger partial charge on any atom is -0.383 e. The highest BCUT2D eigenvalue weighted by Gasteiger charge is 2.18. The third-order valence-electron chi connectivity index (χ3n) is 3.92. The molecule has 0 spiro atoms. The van der Waals surface area contributed by atoms with Crippen molar-refractivity contribution in [2.45, 2.75) is 6.54 Å². The number of amides is 1. The third kappa shape index (κ3) is 4.33. The van der Waals surface area contributed by atoms with Crippen LogP contribution in [0.1, 0.15) is 15.9 Å². The number of nitrogens with zero attached hydrogens (tertiary/aromatic N) is 3. The molecule has 5 heteroatoms. The van der Waals surface area contributed by atoms with Gasteiger partial charge in [0.05, 0.1) is 24.1 Å². The first kappa shape index (κ1) is 16.9. The molecular formula is C20H21N3O2. The normalized spacial score (nSPS) is 10.6. The molecule has 0 aliphatic heterocycles. The zero-order valence-corrected chi connectivity index (χ0v) is 14.2. The maximum absolute atomic E-state index is 12.9. The van der Waals surface area contributed by atoms with Crippen LogP contribution in [0, 0.1) is 0 Å². The third-order valence-corrected chi connectivity index (χ3v) is 3.92. The second kappa shape index (κ2) is 8.26. The number of carbonyl (C=O) groups is 1. The number of rotatable bonds is 7. The topological polar surface area (TPSA) is 47.4 Å². The molecule has 0 aliphatic carbocycles. The summed E-state index contributed by atoms with van der Waals surface area (Å²) in [6.45, 7) is 1.56. The maximum Gasteiger partial charge on any atom is 0.257 e. The van der Waals surface area contributed by atoms with Crippen LogP contribution < -0.4 is 0 Å². The lowest BCUT2D eigenvalue weighted by Crippen LogP contribution is -2.33. The number of methoxy groups -OCH3 is 1. The first-order valence-electron chi connectivity index (χ1n) is 8.20. The minimum absolute atomic E-state index is 0.0527. The summed E-state index contributed by atoms with van der Waals surface area (Å²) < 4.78 is 6.87. The Morgan fingerprint density at radius 1 is 1.08 bits per heavy atom. The second-order valence-electron chi connectivity index (χ2n) is 5.71. The smallest absolute Gasteiger partial charge is 0.257 e. The van der Waals surface area contributed by atoms with Gasteiger partial charge in [0, 0.05) is 26.4 Å². The fourth-order valence-corrected chi connectivity index (χ4v) is 2.60. The Bertz CT molecular complexity index is 800. The van der Waals surface area contributed by atoms with E-state index in [2.05, 4.69) is 5.10 Å². The average Bonchev–Trinajstić information content (AvgIpc) is 3.16. The highest BCUT2D eigenvalue weighted by molar-refractivity contribution is 5.93. The van der Waals surface area contributed by atoms with Crippen LogP contribution >= 0.6 is 0 Å². The van der Waals surface area contributed by atoms with Crippen molar-refractivity contribution in [3.8, 4) is 5.69 Å². The van der Waals surface area contributed by atoms with Gasteiger partial charge < -0.3 is 9.64 Å². The summed E-state index contributed by atoms with van der Waals surface area (Å²) in [6, 6.07) is 19.7. The van der Waals surface area contributed by atoms with E-state index in [9.17, 15) is 4.79 Å². The number of aromatic nitrogens is 2. The molecule has 0 atom stereocenters. The maximum atomic E-state index is 12.9. The van der Waals surface area contributed by atoms with Gasteiger partial charge in [-0.3, -0.25) is 4.79 Å². The molecule has 0 saturated heterocycles. The number of ether oxygens (including phenoxy) is 1. The van der Waals surface area contributed by atoms with Crippen molar-refractivity contribution < 1.29 is 9.53 Å². The van der Waals surface area contributed by atoms with E-state index in [1.165, 1.54) is 0 Å². The summed E-state index contributed by atoms with van der Waals surface area (Å²) in [7, 11) is 1.64. The lowest BCUT2D eigenvalue weighted by atomic mass is 10.2. The van der Waals surface area contributed by atoms with Gasteiger partial charge in [-0.2, -0.15) is 5.10 Å². The Morgan fingerprint density at radius 3 is 2.44 bits per heavy atom. The van der Waals surface area contributed by atoms with Gasteiger partial charge in [-0.15, -0.1) is 0 Å². The van der Waals surface area contributed by atoms with Gasteiger partial charge in [0.2, 0.25) is 0 Å². The number of hydrogen-bond acceptors (Lipinski definition) is 3. The van der Waals surface area contributed by atoms with Gasteiger partial charge in [-0.25, -0.2) is 4.68 Å². The summed E-state index contributed by atoms with van der Waals surface area (Å²) in [6.07, 6.45) is 3.38. The molecule has 0 fully saturated rings. The van der Waals surface area contributed by atoms with Crippen molar-refractivity contribution >= 4 is 5.91 Å². The molecule has 0 bridgehead atoms. The van der Waals surface area contributed by atoms with Crippen LogP contribution in [0.2, 0.25) is 0 Å². The number of carbonyl (C=O) groups excluding carboxylic acids is 1. The predicted molar refractivity (Wildman–Crippen MR) is 96.6 cm³/mol. The number of para-hydroxylation sites is 1. The van der Waals surface area contributed by atoms with Crippen LogP contribution in [0.5, 0.6) is 0 Å². The molecule has 1 heterocycles. The lowest BCUT2D eigenvalue weighted by molar-refractivity contribution is 0.0680. The highest BCUT2D eigenvalue weighted by Crippen LogP contribution is 2.12. The summed E-state index contributed by atoms with van der Waals surface area (Å²) in [5.41, 5.74) is 2.58. The molecule has 2 aromatic carbocycles. The molecule has 128 valence electrons. The van der Waals surface area contributed by atoms with E-state index in [4.69, 9.17) is 4.74 Å². The largest absolute Gasteiger partial charge is 0.383 e. The van der Waals surface area contributed by atoms with Crippen molar-refractivity contribution in [1.82, 2.24) is 14.7 Å². The molecule has 0 radical (unpaired) electrons. The first-order valence-corrected chi connectivity index (χ1v) is 8.20. The molecule has 1 amide bonds. The van der Waals surface area contributed by atoms with Crippen LogP contribution in [0.25, 0.3) is 5.69 Å². The standard InChI is InChI=1S/C20H21N3O2/c1-25-13-12-22(15-17-8-4-2-5-9-17)20(24)18-14-21-23(16-18)19-10-6-3-7-11-19/h2-11,14,16H,12-13,15H2,1H3. The minimum atomic E-state index is -0.0527. The molecule has 1 aromatic heterocycles. The Labute approximate surface area is 147 Å². The van der Waals surface area contributed by atoms with Crippen LogP contribution in [0.15, 0.2) is 73.1 Å². The summed E-state index contributed by atoms with van der Waals surface area (Å²) in [5.74, 6) is -0.0527. The Kier molecular flexibility index (Phi) is 5.59. The first-order chi connectivity index (χ1) is 12.3. The second-order valence-corrected chi connectivity index (χ2v) is 5.71. The predicted octanol–water partition coefficient (Wildman–Crippen LogP) is 3.16. The van der Waals surface area contributed by atoms with Gasteiger partial charge in [0.25, 0.3) is 5.91 Å². The molecule has 0 unspecified atom stereocenters. The fraction of sp³-hybridized carbons (Fsp3) is 0.200. The molecule has 3 aromatic rings. The summed E-state index contributed by atoms with van der Waals surface area (Å²) >= 11 is 0. The molecule has 25 heavy (non-hydrogen) atoms. The van der Waals surface area contributed by atoms with E-state index < -0.39 is 0 Å². The van der Waals surface area contributed by atoms with E-state index >= 15 is 0 Å². The van der Waals surface area contributed by atoms with Crippen molar-refractivity contribution in [1.29, 1.82) is 0 Å². The van der Waals surface area contributed by atoms with Gasteiger partial charge in [0.15, 0.2) is 0 Å². The van der Waals surface area contributed by atoms with Crippen LogP contribution in [-0.4, -0.2) is 40.8 Å². The van der Waals surface area contributed by atoms with Crippen LogP contribution in [0.3, 0.4) is 0 Å². The fourth-order valence-electron chi connectivity index (χ4n) is 2.60. The number of hydrogen-bond donors (Lipinski definition) is 0. The summed E-state index contributed by atoms with van der Waals surface area (Å²) in [4.78, 5) is 14.7. The SMILES string of the molecule is COCCN(Cc1ccccc1)C(=O)c1cnn(-c2ccccc2)c1. The van der Waals surface area contributed by atoms with Gasteiger partial charge in [-0.05, 0) is 17.7 Å². The van der Waals surface area contributed by atoms with E-state index in [0.717, 1.165) is 11.3 Å². The molecule has 0 N–H and O–H groups in total. The Hall–Kier alpha value is -2.92. The quantitative estimate of drug-likeness (QED) is 0.666. The summed E-state index contributed by atoms with van der Waals surface area (Å²) in [5, 5.41) is 4.32. The zero-order chi connectivity index (χ0) is 17.5. The van der Waals surface area contributed by atoms with Gasteiger partial charge in [0.1, 0.15) is 0 Å². The lowest BCUT2D eigenvalue weighted by Gasteiger charge is -2.22. The molecule has 5 nitrogen and oxygen atoms in total. The molecule has 3 rings (SSSR count). The van der Waals surface area contributed by atoms with E-state index in [1.807, 2.05) is 60.7 Å². The monoisotopic (exact) mass is 335 g/mol. The Morgan fingerprint density at radius 2 is 1.76 bits per heavy atom. The van der Waals surface area contributed by atoms with E-state index in [0.29, 0.717) is 25.3 Å². The number of benzene rings is 2. The zero-order valence-electron chi connectivity index (χ0n) is 14.2.